The molecule has 174 valence electrons. The first kappa shape index (κ1) is 24.8. The minimum atomic E-state index is -0.197. The second kappa shape index (κ2) is 11.9. The maximum atomic E-state index is 13.1. The van der Waals surface area contributed by atoms with E-state index in [0.717, 1.165) is 55.3 Å². The van der Waals surface area contributed by atoms with Gasteiger partial charge in [-0.05, 0) is 72.1 Å². The smallest absolute Gasteiger partial charge is 0.123 e. The number of nitrogens with zero attached hydrogens (tertiary/aromatic N) is 1. The van der Waals surface area contributed by atoms with Gasteiger partial charge in [0.25, 0.3) is 0 Å². The van der Waals surface area contributed by atoms with E-state index in [4.69, 9.17) is 11.6 Å². The molecule has 1 aliphatic carbocycles. The minimum Gasteiger partial charge on any atom is -0.370 e. The molecule has 2 nitrogen and oxygen atoms in total. The highest BCUT2D eigenvalue weighted by Crippen LogP contribution is 2.30. The van der Waals surface area contributed by atoms with E-state index in [9.17, 15) is 4.39 Å². The summed E-state index contributed by atoms with van der Waals surface area (Å²) >= 11 is 6.71. The van der Waals surface area contributed by atoms with Crippen LogP contribution in [0.15, 0.2) is 48.7 Å². The molecule has 0 aromatic heterocycles. The Hall–Kier alpha value is -1.84. The molecule has 0 saturated carbocycles. The summed E-state index contributed by atoms with van der Waals surface area (Å²) in [7, 11) is 0. The van der Waals surface area contributed by atoms with Gasteiger partial charge in [-0.2, -0.15) is 0 Å². The first-order valence-electron chi connectivity index (χ1n) is 12.0. The molecule has 0 fully saturated rings. The van der Waals surface area contributed by atoms with Crippen LogP contribution in [0.4, 0.5) is 4.39 Å². The van der Waals surface area contributed by atoms with Crippen molar-refractivity contribution < 1.29 is 4.39 Å². The molecule has 2 aromatic rings. The van der Waals surface area contributed by atoms with Crippen LogP contribution in [0.5, 0.6) is 0 Å². The van der Waals surface area contributed by atoms with Gasteiger partial charge in [0.1, 0.15) is 5.82 Å². The van der Waals surface area contributed by atoms with Crippen LogP contribution in [0, 0.1) is 17.7 Å². The summed E-state index contributed by atoms with van der Waals surface area (Å²) in [6, 6.07) is 11.2. The monoisotopic (exact) mass is 456 g/mol. The van der Waals surface area contributed by atoms with Crippen molar-refractivity contribution in [1.82, 2.24) is 10.2 Å². The van der Waals surface area contributed by atoms with E-state index in [2.05, 4.69) is 49.7 Å². The Labute approximate surface area is 198 Å². The summed E-state index contributed by atoms with van der Waals surface area (Å²) in [6.07, 6.45) is 6.03. The summed E-state index contributed by atoms with van der Waals surface area (Å²) in [5, 5.41) is 4.43. The Morgan fingerprint density at radius 2 is 1.78 bits per heavy atom. The first-order chi connectivity index (χ1) is 15.3. The van der Waals surface area contributed by atoms with Gasteiger partial charge in [0.05, 0.1) is 0 Å². The molecule has 1 atom stereocenters. The molecule has 1 aliphatic rings. The summed E-state index contributed by atoms with van der Waals surface area (Å²) in [5.74, 6) is 0.644. The van der Waals surface area contributed by atoms with Crippen LogP contribution in [0.3, 0.4) is 0 Å². The Kier molecular flexibility index (Phi) is 9.19. The predicted molar refractivity (Wildman–Crippen MR) is 134 cm³/mol. The second-order valence-corrected chi connectivity index (χ2v) is 10.1. The van der Waals surface area contributed by atoms with Crippen LogP contribution >= 0.6 is 11.6 Å². The van der Waals surface area contributed by atoms with Crippen LogP contribution in [0.1, 0.15) is 62.3 Å². The lowest BCUT2D eigenvalue weighted by Crippen LogP contribution is -2.33. The van der Waals surface area contributed by atoms with Crippen molar-refractivity contribution in [2.45, 2.75) is 66.0 Å². The molecule has 1 N–H and O–H groups in total. The van der Waals surface area contributed by atoms with Gasteiger partial charge in [-0.15, -0.1) is 0 Å². The van der Waals surface area contributed by atoms with E-state index >= 15 is 0 Å². The lowest BCUT2D eigenvalue weighted by Gasteiger charge is -2.32. The molecule has 0 spiro atoms. The van der Waals surface area contributed by atoms with E-state index in [1.165, 1.54) is 48.1 Å². The summed E-state index contributed by atoms with van der Waals surface area (Å²) in [5.41, 5.74) is 6.32. The number of benzene rings is 2. The Bertz CT molecular complexity index is 891. The zero-order valence-corrected chi connectivity index (χ0v) is 20.6. The average molecular weight is 457 g/mol. The van der Waals surface area contributed by atoms with E-state index in [1.807, 2.05) is 12.1 Å². The van der Waals surface area contributed by atoms with Gasteiger partial charge in [0, 0.05) is 42.8 Å². The molecule has 0 saturated heterocycles. The van der Waals surface area contributed by atoms with E-state index in [1.54, 1.807) is 0 Å². The number of fused-ring (bicyclic) bond motifs is 1. The van der Waals surface area contributed by atoms with Gasteiger partial charge < -0.3 is 10.2 Å². The molecule has 0 amide bonds. The minimum absolute atomic E-state index is 0.197. The van der Waals surface area contributed by atoms with Gasteiger partial charge in [-0.3, -0.25) is 0 Å². The largest absolute Gasteiger partial charge is 0.370 e. The second-order valence-electron chi connectivity index (χ2n) is 9.70. The van der Waals surface area contributed by atoms with Gasteiger partial charge in [-0.25, -0.2) is 4.39 Å². The quantitative estimate of drug-likeness (QED) is 0.382. The van der Waals surface area contributed by atoms with Gasteiger partial charge >= 0.3 is 0 Å². The molecule has 32 heavy (non-hydrogen) atoms. The summed E-state index contributed by atoms with van der Waals surface area (Å²) in [6.45, 7) is 14.6. The first-order valence-corrected chi connectivity index (χ1v) is 12.4. The normalized spacial score (nSPS) is 14.7. The van der Waals surface area contributed by atoms with Crippen LogP contribution < -0.4 is 5.32 Å². The Morgan fingerprint density at radius 3 is 2.50 bits per heavy atom. The fourth-order valence-corrected chi connectivity index (χ4v) is 4.91. The van der Waals surface area contributed by atoms with Crippen molar-refractivity contribution in [3.63, 3.8) is 0 Å². The molecular weight excluding hydrogens is 419 g/mol. The molecule has 0 unspecified atom stereocenters. The Morgan fingerprint density at radius 1 is 1.06 bits per heavy atom. The lowest BCUT2D eigenvalue weighted by molar-refractivity contribution is 0.266. The third-order valence-corrected chi connectivity index (χ3v) is 6.68. The average Bonchev–Trinajstić information content (AvgIpc) is 2.99. The predicted octanol–water partition coefficient (Wildman–Crippen LogP) is 7.15. The number of halogens is 2. The highest BCUT2D eigenvalue weighted by molar-refractivity contribution is 6.31. The highest BCUT2D eigenvalue weighted by atomic mass is 35.5. The SMILES string of the molecule is C=C([C@H](C)CNCc1ccc(F)cc1)N(Cc1cc(Cl)c2c(c1)CCCCC2)CC(C)C. The molecule has 0 aliphatic heterocycles. The highest BCUT2D eigenvalue weighted by Gasteiger charge is 2.18. The van der Waals surface area contributed by atoms with E-state index in [0.29, 0.717) is 11.8 Å². The van der Waals surface area contributed by atoms with E-state index < -0.39 is 0 Å². The molecule has 0 radical (unpaired) electrons. The maximum absolute atomic E-state index is 13.1. The van der Waals surface area contributed by atoms with Crippen molar-refractivity contribution in [3.05, 3.63) is 81.8 Å². The zero-order chi connectivity index (χ0) is 23.1. The number of rotatable bonds is 10. The molecule has 3 rings (SSSR count). The van der Waals surface area contributed by atoms with Crippen molar-refractivity contribution >= 4 is 11.6 Å². The van der Waals surface area contributed by atoms with Crippen molar-refractivity contribution in [2.24, 2.45) is 11.8 Å². The van der Waals surface area contributed by atoms with Gasteiger partial charge in [0.15, 0.2) is 0 Å². The molecular formula is C28H38ClFN2. The van der Waals surface area contributed by atoms with Gasteiger partial charge in [0.2, 0.25) is 0 Å². The van der Waals surface area contributed by atoms with Crippen molar-refractivity contribution in [1.29, 1.82) is 0 Å². The van der Waals surface area contributed by atoms with Crippen LogP contribution in [-0.2, 0) is 25.9 Å². The van der Waals surface area contributed by atoms with E-state index in [-0.39, 0.29) is 5.82 Å². The maximum Gasteiger partial charge on any atom is 0.123 e. The summed E-state index contributed by atoms with van der Waals surface area (Å²) < 4.78 is 13.1. The number of hydrogen-bond donors (Lipinski definition) is 1. The third kappa shape index (κ3) is 7.08. The summed E-state index contributed by atoms with van der Waals surface area (Å²) in [4.78, 5) is 2.42. The standard InChI is InChI=1S/C28H38ClFN2/c1-20(2)18-32(19-24-14-25-8-6-5-7-9-27(25)28(29)15-24)22(4)21(3)16-31-17-23-10-12-26(30)13-11-23/h10-15,20-21,31H,4-9,16-19H2,1-3H3/t21-/m1/s1. The Balaban J connectivity index is 1.64. The third-order valence-electron chi connectivity index (χ3n) is 6.35. The number of aryl methyl sites for hydroxylation is 1. The van der Waals surface area contributed by atoms with Gasteiger partial charge in [-0.1, -0.05) is 63.6 Å². The lowest BCUT2D eigenvalue weighted by atomic mass is 9.98. The zero-order valence-electron chi connectivity index (χ0n) is 19.9. The number of hydrogen-bond acceptors (Lipinski definition) is 2. The fourth-order valence-electron chi connectivity index (χ4n) is 4.55. The molecule has 2 aromatic carbocycles. The van der Waals surface area contributed by atoms with Crippen molar-refractivity contribution in [2.75, 3.05) is 13.1 Å². The molecule has 0 bridgehead atoms. The number of nitrogens with one attached hydrogen (secondary N) is 1. The van der Waals surface area contributed by atoms with Crippen LogP contribution in [0.25, 0.3) is 0 Å². The van der Waals surface area contributed by atoms with Crippen molar-refractivity contribution in [3.8, 4) is 0 Å². The molecule has 0 heterocycles. The van der Waals surface area contributed by atoms with Crippen LogP contribution in [-0.4, -0.2) is 18.0 Å². The molecule has 4 heteroatoms. The topological polar surface area (TPSA) is 15.3 Å². The fraction of sp³-hybridized carbons (Fsp3) is 0.500. The van der Waals surface area contributed by atoms with Crippen LogP contribution in [0.2, 0.25) is 5.02 Å².